The number of pyridine rings is 1. The summed E-state index contributed by atoms with van der Waals surface area (Å²) in [5.74, 6) is 0.628. The predicted octanol–water partition coefficient (Wildman–Crippen LogP) is 2.53. The number of carbonyl (C=O) groups excluding carboxylic acids is 1. The lowest BCUT2D eigenvalue weighted by Crippen LogP contribution is -2.51. The lowest BCUT2D eigenvalue weighted by molar-refractivity contribution is 0.0919. The van der Waals surface area contributed by atoms with E-state index in [1.54, 1.807) is 18.5 Å². The molecular formula is C19H23N3O2. The van der Waals surface area contributed by atoms with Crippen LogP contribution in [0.3, 0.4) is 0 Å². The van der Waals surface area contributed by atoms with Gasteiger partial charge in [0.15, 0.2) is 0 Å². The fourth-order valence-corrected chi connectivity index (χ4v) is 2.87. The third-order valence-corrected chi connectivity index (χ3v) is 4.30. The topological polar surface area (TPSA) is 63.2 Å². The number of hydrogen-bond donors (Lipinski definition) is 2. The van der Waals surface area contributed by atoms with E-state index in [4.69, 9.17) is 4.74 Å². The standard InChI is InChI=1S/C19H23N3O2/c1-14-18(8-4-10-21-14)22-19(23)16-6-2-7-17(11-16)24-13-15-5-3-9-20-12-15/h2-3,5-7,9,11-12,14,18,21H,4,8,10,13H2,1H3,(H,22,23). The van der Waals surface area contributed by atoms with Gasteiger partial charge in [-0.1, -0.05) is 12.1 Å². The molecule has 2 atom stereocenters. The molecule has 1 aliphatic rings. The Bertz CT molecular complexity index is 675. The number of benzene rings is 1. The van der Waals surface area contributed by atoms with Gasteiger partial charge in [0.05, 0.1) is 0 Å². The molecular weight excluding hydrogens is 302 g/mol. The average molecular weight is 325 g/mol. The maximum atomic E-state index is 12.5. The van der Waals surface area contributed by atoms with E-state index in [1.807, 2.05) is 30.3 Å². The fourth-order valence-electron chi connectivity index (χ4n) is 2.87. The van der Waals surface area contributed by atoms with E-state index in [2.05, 4.69) is 22.5 Å². The number of nitrogens with zero attached hydrogens (tertiary/aromatic N) is 1. The minimum absolute atomic E-state index is 0.0534. The SMILES string of the molecule is CC1NCCCC1NC(=O)c1cccc(OCc2cccnc2)c1. The van der Waals surface area contributed by atoms with Gasteiger partial charge in [0.2, 0.25) is 0 Å². The van der Waals surface area contributed by atoms with E-state index in [0.717, 1.165) is 24.9 Å². The van der Waals surface area contributed by atoms with Crippen LogP contribution >= 0.6 is 0 Å². The van der Waals surface area contributed by atoms with Gasteiger partial charge in [0.25, 0.3) is 5.91 Å². The van der Waals surface area contributed by atoms with Crippen LogP contribution in [0.25, 0.3) is 0 Å². The van der Waals surface area contributed by atoms with Crippen molar-refractivity contribution in [3.63, 3.8) is 0 Å². The maximum absolute atomic E-state index is 12.5. The van der Waals surface area contributed by atoms with Crippen LogP contribution in [0.5, 0.6) is 5.75 Å². The van der Waals surface area contributed by atoms with E-state index in [-0.39, 0.29) is 11.9 Å². The van der Waals surface area contributed by atoms with Crippen molar-refractivity contribution in [2.75, 3.05) is 6.54 Å². The van der Waals surface area contributed by atoms with Crippen molar-refractivity contribution < 1.29 is 9.53 Å². The molecule has 1 amide bonds. The zero-order valence-corrected chi connectivity index (χ0v) is 13.9. The Morgan fingerprint density at radius 1 is 1.38 bits per heavy atom. The third-order valence-electron chi connectivity index (χ3n) is 4.30. The number of nitrogens with one attached hydrogen (secondary N) is 2. The minimum Gasteiger partial charge on any atom is -0.489 e. The summed E-state index contributed by atoms with van der Waals surface area (Å²) in [6.07, 6.45) is 5.60. The summed E-state index contributed by atoms with van der Waals surface area (Å²) in [4.78, 5) is 16.5. The van der Waals surface area contributed by atoms with Gasteiger partial charge in [-0.05, 0) is 50.6 Å². The monoisotopic (exact) mass is 325 g/mol. The van der Waals surface area contributed by atoms with Gasteiger partial charge in [0.1, 0.15) is 12.4 Å². The summed E-state index contributed by atoms with van der Waals surface area (Å²) in [6.45, 7) is 3.56. The van der Waals surface area contributed by atoms with Gasteiger partial charge >= 0.3 is 0 Å². The smallest absolute Gasteiger partial charge is 0.251 e. The van der Waals surface area contributed by atoms with Crippen LogP contribution in [0.2, 0.25) is 0 Å². The van der Waals surface area contributed by atoms with Crippen LogP contribution in [0.4, 0.5) is 0 Å². The van der Waals surface area contributed by atoms with Crippen LogP contribution in [-0.2, 0) is 6.61 Å². The molecule has 0 saturated carbocycles. The van der Waals surface area contributed by atoms with Crippen LogP contribution in [0, 0.1) is 0 Å². The molecule has 5 heteroatoms. The number of carbonyl (C=O) groups is 1. The minimum atomic E-state index is -0.0534. The second-order valence-corrected chi connectivity index (χ2v) is 6.14. The summed E-state index contributed by atoms with van der Waals surface area (Å²) >= 11 is 0. The van der Waals surface area contributed by atoms with E-state index < -0.39 is 0 Å². The first-order chi connectivity index (χ1) is 11.7. The van der Waals surface area contributed by atoms with Crippen LogP contribution in [0.1, 0.15) is 35.7 Å². The van der Waals surface area contributed by atoms with Crippen molar-refractivity contribution >= 4 is 5.91 Å². The van der Waals surface area contributed by atoms with E-state index >= 15 is 0 Å². The normalized spacial score (nSPS) is 20.4. The lowest BCUT2D eigenvalue weighted by Gasteiger charge is -2.30. The van der Waals surface area contributed by atoms with Crippen LogP contribution in [0.15, 0.2) is 48.8 Å². The number of aromatic nitrogens is 1. The Morgan fingerprint density at radius 3 is 3.08 bits per heavy atom. The van der Waals surface area contributed by atoms with Crippen LogP contribution < -0.4 is 15.4 Å². The highest BCUT2D eigenvalue weighted by Gasteiger charge is 2.22. The van der Waals surface area contributed by atoms with Crippen molar-refractivity contribution in [1.82, 2.24) is 15.6 Å². The Balaban J connectivity index is 1.60. The Hall–Kier alpha value is -2.40. The lowest BCUT2D eigenvalue weighted by atomic mass is 9.99. The molecule has 5 nitrogen and oxygen atoms in total. The molecule has 1 saturated heterocycles. The third kappa shape index (κ3) is 4.32. The largest absolute Gasteiger partial charge is 0.489 e. The number of piperidine rings is 1. The van der Waals surface area contributed by atoms with Crippen molar-refractivity contribution in [2.24, 2.45) is 0 Å². The summed E-state index contributed by atoms with van der Waals surface area (Å²) in [5, 5.41) is 6.51. The second-order valence-electron chi connectivity index (χ2n) is 6.14. The van der Waals surface area contributed by atoms with Crippen molar-refractivity contribution in [3.05, 3.63) is 59.9 Å². The first kappa shape index (κ1) is 16.5. The molecule has 126 valence electrons. The van der Waals surface area contributed by atoms with Crippen molar-refractivity contribution in [1.29, 1.82) is 0 Å². The molecule has 24 heavy (non-hydrogen) atoms. The number of ether oxygens (including phenoxy) is 1. The molecule has 0 aliphatic carbocycles. The summed E-state index contributed by atoms with van der Waals surface area (Å²) in [6, 6.07) is 11.6. The van der Waals surface area contributed by atoms with Gasteiger partial charge in [-0.3, -0.25) is 9.78 Å². The number of amides is 1. The molecule has 1 fully saturated rings. The molecule has 2 aromatic rings. The summed E-state index contributed by atoms with van der Waals surface area (Å²) in [5.41, 5.74) is 1.62. The molecule has 1 aromatic heterocycles. The number of rotatable bonds is 5. The summed E-state index contributed by atoms with van der Waals surface area (Å²) < 4.78 is 5.76. The quantitative estimate of drug-likeness (QED) is 0.887. The maximum Gasteiger partial charge on any atom is 0.251 e. The zero-order chi connectivity index (χ0) is 16.8. The first-order valence-electron chi connectivity index (χ1n) is 8.38. The average Bonchev–Trinajstić information content (AvgIpc) is 2.63. The molecule has 1 aromatic carbocycles. The highest BCUT2D eigenvalue weighted by Crippen LogP contribution is 2.16. The summed E-state index contributed by atoms with van der Waals surface area (Å²) in [7, 11) is 0. The molecule has 2 heterocycles. The zero-order valence-electron chi connectivity index (χ0n) is 13.9. The highest BCUT2D eigenvalue weighted by atomic mass is 16.5. The van der Waals surface area contributed by atoms with Crippen molar-refractivity contribution in [3.8, 4) is 5.75 Å². The van der Waals surface area contributed by atoms with Crippen molar-refractivity contribution in [2.45, 2.75) is 38.5 Å². The van der Waals surface area contributed by atoms with Gasteiger partial charge < -0.3 is 15.4 Å². The van der Waals surface area contributed by atoms with Gasteiger partial charge in [-0.15, -0.1) is 0 Å². The second kappa shape index (κ2) is 7.93. The van der Waals surface area contributed by atoms with Gasteiger partial charge in [-0.25, -0.2) is 0 Å². The predicted molar refractivity (Wildman–Crippen MR) is 93.0 cm³/mol. The number of hydrogen-bond acceptors (Lipinski definition) is 4. The van der Waals surface area contributed by atoms with Gasteiger partial charge in [0, 0.05) is 35.6 Å². The van der Waals surface area contributed by atoms with E-state index in [0.29, 0.717) is 24.0 Å². The molecule has 0 bridgehead atoms. The molecule has 0 spiro atoms. The molecule has 0 radical (unpaired) electrons. The van der Waals surface area contributed by atoms with Crippen LogP contribution in [-0.4, -0.2) is 29.5 Å². The molecule has 3 rings (SSSR count). The van der Waals surface area contributed by atoms with E-state index in [1.165, 1.54) is 0 Å². The fraction of sp³-hybridized carbons (Fsp3) is 0.368. The first-order valence-corrected chi connectivity index (χ1v) is 8.38. The molecule has 2 N–H and O–H groups in total. The van der Waals surface area contributed by atoms with Gasteiger partial charge in [-0.2, -0.15) is 0 Å². The Morgan fingerprint density at radius 2 is 2.29 bits per heavy atom. The Kier molecular flexibility index (Phi) is 5.43. The van der Waals surface area contributed by atoms with E-state index in [9.17, 15) is 4.79 Å². The Labute approximate surface area is 142 Å². The highest BCUT2D eigenvalue weighted by molar-refractivity contribution is 5.94. The molecule has 1 aliphatic heterocycles. The molecule has 2 unspecified atom stereocenters.